The summed E-state index contributed by atoms with van der Waals surface area (Å²) in [6.45, 7) is 3.53. The number of hydrogen-bond donors (Lipinski definition) is 1. The van der Waals surface area contributed by atoms with Crippen LogP contribution in [-0.4, -0.2) is 19.6 Å². The summed E-state index contributed by atoms with van der Waals surface area (Å²) in [6.07, 6.45) is 2.74. The second-order valence-electron chi connectivity index (χ2n) is 3.58. The van der Waals surface area contributed by atoms with Gasteiger partial charge in [0.2, 0.25) is 0 Å². The van der Waals surface area contributed by atoms with E-state index in [1.807, 2.05) is 13.8 Å². The number of halogens is 1. The number of aromatic nitrogens is 3. The Kier molecular flexibility index (Phi) is 2.70. The Bertz CT molecular complexity index is 522. The summed E-state index contributed by atoms with van der Waals surface area (Å²) in [4.78, 5) is 8.12. The Balaban J connectivity index is 2.59. The number of pyridine rings is 1. The standard InChI is InChI=1S/C11H12FN3O/c1-7-8(2)15(6-14-7)11-9(5-16)3-10(12)4-13-11/h3-4,6,16H,5H2,1-2H3. The predicted molar refractivity (Wildman–Crippen MR) is 56.7 cm³/mol. The Labute approximate surface area is 92.4 Å². The molecule has 0 atom stereocenters. The van der Waals surface area contributed by atoms with E-state index < -0.39 is 5.82 Å². The first-order chi connectivity index (χ1) is 7.63. The van der Waals surface area contributed by atoms with Crippen molar-refractivity contribution in [1.29, 1.82) is 0 Å². The number of aryl methyl sites for hydroxylation is 1. The maximum Gasteiger partial charge on any atom is 0.143 e. The first-order valence-corrected chi connectivity index (χ1v) is 4.89. The van der Waals surface area contributed by atoms with Crippen molar-refractivity contribution in [3.05, 3.63) is 41.4 Å². The molecule has 1 N–H and O–H groups in total. The molecule has 0 aromatic carbocycles. The highest BCUT2D eigenvalue weighted by Crippen LogP contribution is 2.16. The van der Waals surface area contributed by atoms with Crippen LogP contribution < -0.4 is 0 Å². The highest BCUT2D eigenvalue weighted by atomic mass is 19.1. The van der Waals surface area contributed by atoms with Crippen LogP contribution in [0.5, 0.6) is 0 Å². The molecule has 0 saturated heterocycles. The minimum Gasteiger partial charge on any atom is -0.392 e. The molecule has 0 bridgehead atoms. The van der Waals surface area contributed by atoms with Crippen molar-refractivity contribution in [2.45, 2.75) is 20.5 Å². The van der Waals surface area contributed by atoms with E-state index in [0.717, 1.165) is 17.6 Å². The molecule has 0 spiro atoms. The van der Waals surface area contributed by atoms with E-state index in [9.17, 15) is 4.39 Å². The lowest BCUT2D eigenvalue weighted by atomic mass is 10.2. The quantitative estimate of drug-likeness (QED) is 0.836. The van der Waals surface area contributed by atoms with E-state index in [-0.39, 0.29) is 6.61 Å². The number of imidazole rings is 1. The van der Waals surface area contributed by atoms with Crippen molar-refractivity contribution in [3.63, 3.8) is 0 Å². The van der Waals surface area contributed by atoms with E-state index in [1.165, 1.54) is 6.07 Å². The molecule has 0 radical (unpaired) electrons. The normalized spacial score (nSPS) is 10.8. The summed E-state index contributed by atoms with van der Waals surface area (Å²) < 4.78 is 14.7. The van der Waals surface area contributed by atoms with Gasteiger partial charge in [-0.15, -0.1) is 0 Å². The topological polar surface area (TPSA) is 50.9 Å². The minimum atomic E-state index is -0.456. The fourth-order valence-electron chi connectivity index (χ4n) is 1.52. The molecular weight excluding hydrogens is 209 g/mol. The third-order valence-corrected chi connectivity index (χ3v) is 2.56. The summed E-state index contributed by atoms with van der Waals surface area (Å²) in [7, 11) is 0. The van der Waals surface area contributed by atoms with Gasteiger partial charge in [-0.1, -0.05) is 0 Å². The van der Waals surface area contributed by atoms with Gasteiger partial charge in [0.25, 0.3) is 0 Å². The Morgan fingerprint density at radius 1 is 1.38 bits per heavy atom. The van der Waals surface area contributed by atoms with Gasteiger partial charge in [0.1, 0.15) is 18.0 Å². The van der Waals surface area contributed by atoms with Gasteiger partial charge in [-0.25, -0.2) is 14.4 Å². The molecule has 2 aromatic heterocycles. The summed E-state index contributed by atoms with van der Waals surface area (Å²) in [5, 5.41) is 9.16. The number of aliphatic hydroxyl groups excluding tert-OH is 1. The zero-order valence-corrected chi connectivity index (χ0v) is 9.11. The maximum atomic E-state index is 13.0. The van der Waals surface area contributed by atoms with Gasteiger partial charge in [-0.2, -0.15) is 0 Å². The molecule has 0 aliphatic rings. The van der Waals surface area contributed by atoms with Crippen molar-refractivity contribution in [3.8, 4) is 5.82 Å². The van der Waals surface area contributed by atoms with Crippen LogP contribution in [0.4, 0.5) is 4.39 Å². The van der Waals surface area contributed by atoms with E-state index in [4.69, 9.17) is 5.11 Å². The molecule has 0 amide bonds. The molecule has 2 heterocycles. The van der Waals surface area contributed by atoms with E-state index in [0.29, 0.717) is 11.4 Å². The third-order valence-electron chi connectivity index (χ3n) is 2.56. The van der Waals surface area contributed by atoms with Crippen LogP contribution in [0.2, 0.25) is 0 Å². The van der Waals surface area contributed by atoms with E-state index in [2.05, 4.69) is 9.97 Å². The van der Waals surface area contributed by atoms with Crippen LogP contribution >= 0.6 is 0 Å². The lowest BCUT2D eigenvalue weighted by molar-refractivity contribution is 0.280. The molecular formula is C11H12FN3O. The van der Waals surface area contributed by atoms with Gasteiger partial charge in [0.15, 0.2) is 0 Å². The predicted octanol–water partition coefficient (Wildman–Crippen LogP) is 1.52. The largest absolute Gasteiger partial charge is 0.392 e. The molecule has 0 saturated carbocycles. The SMILES string of the molecule is Cc1ncn(-c2ncc(F)cc2CO)c1C. The summed E-state index contributed by atoms with van der Waals surface area (Å²) in [5.41, 5.74) is 2.25. The smallest absolute Gasteiger partial charge is 0.143 e. The average Bonchev–Trinajstić information content (AvgIpc) is 2.60. The van der Waals surface area contributed by atoms with Gasteiger partial charge < -0.3 is 5.11 Å². The lowest BCUT2D eigenvalue weighted by Crippen LogP contribution is -2.04. The number of hydrogen-bond acceptors (Lipinski definition) is 3. The maximum absolute atomic E-state index is 13.0. The van der Waals surface area contributed by atoms with E-state index >= 15 is 0 Å². The van der Waals surface area contributed by atoms with Gasteiger partial charge >= 0.3 is 0 Å². The summed E-state index contributed by atoms with van der Waals surface area (Å²) >= 11 is 0. The summed E-state index contributed by atoms with van der Waals surface area (Å²) in [6, 6.07) is 1.27. The van der Waals surface area contributed by atoms with Crippen molar-refractivity contribution >= 4 is 0 Å². The first kappa shape index (κ1) is 10.8. The zero-order valence-electron chi connectivity index (χ0n) is 9.11. The zero-order chi connectivity index (χ0) is 11.7. The molecule has 0 fully saturated rings. The fraction of sp³-hybridized carbons (Fsp3) is 0.273. The highest BCUT2D eigenvalue weighted by Gasteiger charge is 2.10. The number of nitrogens with zero attached hydrogens (tertiary/aromatic N) is 3. The molecule has 4 nitrogen and oxygen atoms in total. The van der Waals surface area contributed by atoms with Gasteiger partial charge in [0.05, 0.1) is 18.5 Å². The molecule has 5 heteroatoms. The second-order valence-corrected chi connectivity index (χ2v) is 3.58. The second kappa shape index (κ2) is 4.02. The first-order valence-electron chi connectivity index (χ1n) is 4.89. The van der Waals surface area contributed by atoms with Crippen LogP contribution in [0.15, 0.2) is 18.6 Å². The average molecular weight is 221 g/mol. The molecule has 84 valence electrons. The van der Waals surface area contributed by atoms with Crippen molar-refractivity contribution < 1.29 is 9.50 Å². The monoisotopic (exact) mass is 221 g/mol. The Morgan fingerprint density at radius 2 is 2.12 bits per heavy atom. The molecule has 2 aromatic rings. The van der Waals surface area contributed by atoms with Crippen molar-refractivity contribution in [2.75, 3.05) is 0 Å². The van der Waals surface area contributed by atoms with Crippen LogP contribution in [-0.2, 0) is 6.61 Å². The third kappa shape index (κ3) is 1.69. The molecule has 2 rings (SSSR count). The fourth-order valence-corrected chi connectivity index (χ4v) is 1.52. The van der Waals surface area contributed by atoms with Crippen LogP contribution in [0.25, 0.3) is 5.82 Å². The molecule has 0 aliphatic heterocycles. The summed E-state index contributed by atoms with van der Waals surface area (Å²) in [5.74, 6) is 0.0595. The molecule has 0 unspecified atom stereocenters. The van der Waals surface area contributed by atoms with Crippen molar-refractivity contribution in [1.82, 2.24) is 14.5 Å². The lowest BCUT2D eigenvalue weighted by Gasteiger charge is -2.08. The Hall–Kier alpha value is -1.75. The number of aliphatic hydroxyl groups is 1. The molecule has 16 heavy (non-hydrogen) atoms. The van der Waals surface area contributed by atoms with Crippen molar-refractivity contribution in [2.24, 2.45) is 0 Å². The van der Waals surface area contributed by atoms with Gasteiger partial charge in [-0.3, -0.25) is 4.57 Å². The van der Waals surface area contributed by atoms with Crippen LogP contribution in [0, 0.1) is 19.7 Å². The number of rotatable bonds is 2. The molecule has 0 aliphatic carbocycles. The Morgan fingerprint density at radius 3 is 2.69 bits per heavy atom. The van der Waals surface area contributed by atoms with Gasteiger partial charge in [-0.05, 0) is 19.9 Å². The minimum absolute atomic E-state index is 0.253. The van der Waals surface area contributed by atoms with Crippen LogP contribution in [0.1, 0.15) is 17.0 Å². The van der Waals surface area contributed by atoms with E-state index in [1.54, 1.807) is 10.9 Å². The van der Waals surface area contributed by atoms with Crippen LogP contribution in [0.3, 0.4) is 0 Å². The van der Waals surface area contributed by atoms with Gasteiger partial charge in [0, 0.05) is 11.3 Å². The highest BCUT2D eigenvalue weighted by molar-refractivity contribution is 5.36.